The minimum atomic E-state index is -0.943. The van der Waals surface area contributed by atoms with Crippen LogP contribution >= 0.6 is 0 Å². The molecule has 1 rings (SSSR count). The molecule has 0 aliphatic heterocycles. The molecule has 0 aliphatic carbocycles. The van der Waals surface area contributed by atoms with Gasteiger partial charge in [0.15, 0.2) is 11.6 Å². The maximum Gasteiger partial charge on any atom is 0.256 e. The molecule has 0 saturated heterocycles. The summed E-state index contributed by atoms with van der Waals surface area (Å²) in [4.78, 5) is 11.8. The minimum absolute atomic E-state index is 0.0815. The number of carbonyl (C=O) groups excluding carboxylic acids is 1. The van der Waals surface area contributed by atoms with E-state index in [2.05, 4.69) is 5.32 Å². The van der Waals surface area contributed by atoms with Gasteiger partial charge in [0.2, 0.25) is 0 Å². The Labute approximate surface area is 99.7 Å². The Morgan fingerprint density at radius 2 is 2.00 bits per heavy atom. The van der Waals surface area contributed by atoms with E-state index < -0.39 is 11.4 Å². The van der Waals surface area contributed by atoms with Crippen molar-refractivity contribution in [1.82, 2.24) is 0 Å². The zero-order valence-electron chi connectivity index (χ0n) is 10.3. The first-order valence-electron chi connectivity index (χ1n) is 5.11. The quantitative estimate of drug-likeness (QED) is 0.879. The van der Waals surface area contributed by atoms with Crippen molar-refractivity contribution < 1.29 is 18.7 Å². The minimum Gasteiger partial charge on any atom is -0.494 e. The van der Waals surface area contributed by atoms with E-state index in [1.807, 2.05) is 0 Å². The molecule has 1 aromatic rings. The van der Waals surface area contributed by atoms with Crippen LogP contribution < -0.4 is 10.1 Å². The number of hydrogen-bond acceptors (Lipinski definition) is 3. The summed E-state index contributed by atoms with van der Waals surface area (Å²) in [6.45, 7) is 3.28. The fraction of sp³-hybridized carbons (Fsp3) is 0.417. The number of carbonyl (C=O) groups is 1. The first-order chi connectivity index (χ1) is 7.90. The van der Waals surface area contributed by atoms with Crippen molar-refractivity contribution >= 4 is 11.6 Å². The molecule has 0 bridgehead atoms. The van der Waals surface area contributed by atoms with Gasteiger partial charge >= 0.3 is 0 Å². The molecule has 0 heterocycles. The molecule has 94 valence electrons. The summed E-state index contributed by atoms with van der Waals surface area (Å²) in [5.74, 6) is -0.705. The third-order valence-corrected chi connectivity index (χ3v) is 2.47. The van der Waals surface area contributed by atoms with Gasteiger partial charge in [-0.3, -0.25) is 4.79 Å². The molecular formula is C12H16FNO3. The van der Waals surface area contributed by atoms with Crippen molar-refractivity contribution in [2.45, 2.75) is 19.4 Å². The number of benzene rings is 1. The van der Waals surface area contributed by atoms with E-state index in [9.17, 15) is 9.18 Å². The highest BCUT2D eigenvalue weighted by Crippen LogP contribution is 2.22. The van der Waals surface area contributed by atoms with Crippen LogP contribution in [0.5, 0.6) is 5.75 Å². The lowest BCUT2D eigenvalue weighted by molar-refractivity contribution is -0.133. The Morgan fingerprint density at radius 3 is 2.53 bits per heavy atom. The van der Waals surface area contributed by atoms with Crippen LogP contribution in [0.3, 0.4) is 0 Å². The molecule has 0 aromatic heterocycles. The Morgan fingerprint density at radius 1 is 1.35 bits per heavy atom. The van der Waals surface area contributed by atoms with Gasteiger partial charge < -0.3 is 14.8 Å². The summed E-state index contributed by atoms with van der Waals surface area (Å²) < 4.78 is 23.0. The normalized spacial score (nSPS) is 11.1. The molecular weight excluding hydrogens is 225 g/mol. The average molecular weight is 241 g/mol. The van der Waals surface area contributed by atoms with Gasteiger partial charge in [0.1, 0.15) is 5.60 Å². The van der Waals surface area contributed by atoms with Gasteiger partial charge in [0.05, 0.1) is 7.11 Å². The maximum absolute atomic E-state index is 13.1. The van der Waals surface area contributed by atoms with Gasteiger partial charge in [0.25, 0.3) is 5.91 Å². The van der Waals surface area contributed by atoms with Gasteiger partial charge in [-0.1, -0.05) is 0 Å². The molecule has 0 atom stereocenters. The predicted octanol–water partition coefficient (Wildman–Crippen LogP) is 2.20. The zero-order chi connectivity index (χ0) is 13.1. The van der Waals surface area contributed by atoms with Gasteiger partial charge in [-0.2, -0.15) is 0 Å². The number of anilines is 1. The number of hydrogen-bond donors (Lipinski definition) is 1. The van der Waals surface area contributed by atoms with Crippen molar-refractivity contribution in [2.75, 3.05) is 19.5 Å². The lowest BCUT2D eigenvalue weighted by atomic mass is 10.1. The standard InChI is InChI=1S/C12H16FNO3/c1-12(2,17-4)11(15)14-8-5-6-9(13)10(7-8)16-3/h5-7H,1-4H3,(H,14,15). The second-order valence-corrected chi connectivity index (χ2v) is 4.02. The van der Waals surface area contributed by atoms with Crippen LogP contribution in [0.2, 0.25) is 0 Å². The van der Waals surface area contributed by atoms with Gasteiger partial charge in [-0.25, -0.2) is 4.39 Å². The highest BCUT2D eigenvalue weighted by atomic mass is 19.1. The van der Waals surface area contributed by atoms with E-state index in [1.165, 1.54) is 32.4 Å². The van der Waals surface area contributed by atoms with E-state index in [0.29, 0.717) is 5.69 Å². The Balaban J connectivity index is 2.86. The fourth-order valence-corrected chi connectivity index (χ4v) is 1.11. The molecule has 1 amide bonds. The largest absolute Gasteiger partial charge is 0.494 e. The third kappa shape index (κ3) is 3.17. The molecule has 0 radical (unpaired) electrons. The number of halogens is 1. The summed E-state index contributed by atoms with van der Waals surface area (Å²) in [5, 5.41) is 2.62. The van der Waals surface area contributed by atoms with Crippen molar-refractivity contribution in [3.8, 4) is 5.75 Å². The lowest BCUT2D eigenvalue weighted by Gasteiger charge is -2.21. The summed E-state index contributed by atoms with van der Waals surface area (Å²) in [6.07, 6.45) is 0. The number of ether oxygens (including phenoxy) is 2. The van der Waals surface area contributed by atoms with Crippen molar-refractivity contribution in [3.63, 3.8) is 0 Å². The van der Waals surface area contributed by atoms with E-state index >= 15 is 0 Å². The topological polar surface area (TPSA) is 47.6 Å². The second-order valence-electron chi connectivity index (χ2n) is 4.02. The summed E-state index contributed by atoms with van der Waals surface area (Å²) in [5.41, 5.74) is -0.486. The van der Waals surface area contributed by atoms with Gasteiger partial charge in [0, 0.05) is 18.9 Å². The van der Waals surface area contributed by atoms with E-state index in [4.69, 9.17) is 9.47 Å². The summed E-state index contributed by atoms with van der Waals surface area (Å²) >= 11 is 0. The zero-order valence-corrected chi connectivity index (χ0v) is 10.3. The third-order valence-electron chi connectivity index (χ3n) is 2.47. The van der Waals surface area contributed by atoms with Crippen LogP contribution in [0, 0.1) is 5.82 Å². The number of nitrogens with one attached hydrogen (secondary N) is 1. The summed E-state index contributed by atoms with van der Waals surface area (Å²) in [6, 6.07) is 4.11. The molecule has 0 fully saturated rings. The summed E-state index contributed by atoms with van der Waals surface area (Å²) in [7, 11) is 2.81. The first-order valence-corrected chi connectivity index (χ1v) is 5.11. The van der Waals surface area contributed by atoms with Crippen LogP contribution in [0.15, 0.2) is 18.2 Å². The number of rotatable bonds is 4. The van der Waals surface area contributed by atoms with Gasteiger partial charge in [-0.05, 0) is 26.0 Å². The van der Waals surface area contributed by atoms with Crippen molar-refractivity contribution in [1.29, 1.82) is 0 Å². The molecule has 1 N–H and O–H groups in total. The van der Waals surface area contributed by atoms with E-state index in [0.717, 1.165) is 0 Å². The smallest absolute Gasteiger partial charge is 0.256 e. The molecule has 0 spiro atoms. The van der Waals surface area contributed by atoms with Gasteiger partial charge in [-0.15, -0.1) is 0 Å². The SMILES string of the molecule is COc1cc(NC(=O)C(C)(C)OC)ccc1F. The lowest BCUT2D eigenvalue weighted by Crippen LogP contribution is -2.38. The van der Waals surface area contributed by atoms with Crippen molar-refractivity contribution in [3.05, 3.63) is 24.0 Å². The van der Waals surface area contributed by atoms with Crippen LogP contribution in [0.4, 0.5) is 10.1 Å². The maximum atomic E-state index is 13.1. The Bertz CT molecular complexity index is 418. The average Bonchev–Trinajstić information content (AvgIpc) is 2.31. The highest BCUT2D eigenvalue weighted by Gasteiger charge is 2.27. The Kier molecular flexibility index (Phi) is 4.07. The van der Waals surface area contributed by atoms with Crippen LogP contribution in [0.25, 0.3) is 0 Å². The molecule has 0 aliphatic rings. The first kappa shape index (κ1) is 13.4. The van der Waals surface area contributed by atoms with E-state index in [-0.39, 0.29) is 11.7 Å². The number of methoxy groups -OCH3 is 2. The number of amides is 1. The van der Waals surface area contributed by atoms with Crippen LogP contribution in [-0.4, -0.2) is 25.7 Å². The van der Waals surface area contributed by atoms with Crippen molar-refractivity contribution in [2.24, 2.45) is 0 Å². The van der Waals surface area contributed by atoms with Crippen LogP contribution in [0.1, 0.15) is 13.8 Å². The molecule has 17 heavy (non-hydrogen) atoms. The Hall–Kier alpha value is -1.62. The molecule has 0 saturated carbocycles. The molecule has 1 aromatic carbocycles. The molecule has 0 unspecified atom stereocenters. The molecule has 4 nitrogen and oxygen atoms in total. The monoisotopic (exact) mass is 241 g/mol. The highest BCUT2D eigenvalue weighted by molar-refractivity contribution is 5.96. The second kappa shape index (κ2) is 5.14. The fourth-order valence-electron chi connectivity index (χ4n) is 1.11. The molecule has 5 heteroatoms. The van der Waals surface area contributed by atoms with E-state index in [1.54, 1.807) is 13.8 Å². The predicted molar refractivity (Wildman–Crippen MR) is 62.7 cm³/mol. The van der Waals surface area contributed by atoms with Crippen LogP contribution in [-0.2, 0) is 9.53 Å².